The van der Waals surface area contributed by atoms with Crippen molar-refractivity contribution in [3.8, 4) is 0 Å². The van der Waals surface area contributed by atoms with Crippen molar-refractivity contribution in [1.82, 2.24) is 5.32 Å². The second-order valence-corrected chi connectivity index (χ2v) is 19.9. The Bertz CT molecular complexity index is 901. The topological polar surface area (TPSA) is 108 Å². The molecule has 8 nitrogen and oxygen atoms in total. The second kappa shape index (κ2) is 40.9. The van der Waals surface area contributed by atoms with Crippen LogP contribution >= 0.6 is 7.82 Å². The highest BCUT2D eigenvalue weighted by molar-refractivity contribution is 7.45. The summed E-state index contributed by atoms with van der Waals surface area (Å²) >= 11 is 0. The lowest BCUT2D eigenvalue weighted by Gasteiger charge is -2.30. The van der Waals surface area contributed by atoms with E-state index in [2.05, 4.69) is 19.2 Å². The van der Waals surface area contributed by atoms with Gasteiger partial charge in [0.15, 0.2) is 0 Å². The fourth-order valence-corrected chi connectivity index (χ4v) is 8.35. The smallest absolute Gasteiger partial charge is 0.268 e. The van der Waals surface area contributed by atoms with E-state index in [9.17, 15) is 19.4 Å². The summed E-state index contributed by atoms with van der Waals surface area (Å²) in [6.45, 7) is 4.73. The SMILES string of the molecule is CCCCCCCCCCCCCCCCCCCCCCCCCCCC(=O)N[C@@H](COP(=O)([O-])OCC[N+](C)(C)C)[C@H](O)CCCCCCCCCCCC. The number of hydrogen-bond donors (Lipinski definition) is 2. The number of aliphatic hydroxyl groups excluding tert-OH is 1. The maximum absolute atomic E-state index is 12.9. The van der Waals surface area contributed by atoms with Crippen LogP contribution < -0.4 is 10.2 Å². The number of nitrogens with one attached hydrogen (secondary N) is 1. The van der Waals surface area contributed by atoms with Crippen molar-refractivity contribution in [2.75, 3.05) is 40.9 Å². The monoisotopic (exact) mass is 831 g/mol. The maximum atomic E-state index is 12.9. The normalized spacial score (nSPS) is 14.2. The van der Waals surface area contributed by atoms with Crippen molar-refractivity contribution in [3.63, 3.8) is 0 Å². The molecule has 0 saturated heterocycles. The van der Waals surface area contributed by atoms with E-state index < -0.39 is 20.0 Å². The number of aliphatic hydroxyl groups is 1. The van der Waals surface area contributed by atoms with E-state index in [0.29, 0.717) is 23.9 Å². The first-order valence-corrected chi connectivity index (χ1v) is 26.3. The molecule has 57 heavy (non-hydrogen) atoms. The number of quaternary nitrogens is 1. The molecule has 0 heterocycles. The third-order valence-corrected chi connectivity index (χ3v) is 12.6. The van der Waals surface area contributed by atoms with Crippen molar-refractivity contribution in [2.24, 2.45) is 0 Å². The summed E-state index contributed by atoms with van der Waals surface area (Å²) in [5.41, 5.74) is 0. The third kappa shape index (κ3) is 43.4. The first kappa shape index (κ1) is 56.5. The minimum Gasteiger partial charge on any atom is -0.756 e. The largest absolute Gasteiger partial charge is 0.756 e. The molecule has 0 fully saturated rings. The molecule has 0 aliphatic heterocycles. The van der Waals surface area contributed by atoms with Crippen LogP contribution in [0.4, 0.5) is 0 Å². The number of carbonyl (C=O) groups is 1. The lowest BCUT2D eigenvalue weighted by molar-refractivity contribution is -0.870. The zero-order valence-electron chi connectivity index (χ0n) is 38.8. The van der Waals surface area contributed by atoms with Crippen LogP contribution in [0.25, 0.3) is 0 Å². The third-order valence-electron chi connectivity index (χ3n) is 11.6. The fourth-order valence-electron chi connectivity index (χ4n) is 7.63. The van der Waals surface area contributed by atoms with Crippen LogP contribution in [-0.4, -0.2) is 68.5 Å². The van der Waals surface area contributed by atoms with Gasteiger partial charge in [-0.05, 0) is 12.8 Å². The molecule has 9 heteroatoms. The molecule has 0 bridgehead atoms. The minimum absolute atomic E-state index is 0.0159. The standard InChI is InChI=1S/C48H99N2O6P/c1-6-8-10-12-14-16-18-19-20-21-22-23-24-25-26-27-28-29-30-31-32-34-36-38-40-42-48(52)49-46(45-56-57(53,54)55-44-43-50(3,4)5)47(51)41-39-37-35-33-17-15-13-11-9-7-2/h46-47,51H,6-45H2,1-5H3,(H-,49,52,53,54)/t46-,47+/m0/s1. The predicted octanol–water partition coefficient (Wildman–Crippen LogP) is 13.5. The number of rotatable bonds is 46. The van der Waals surface area contributed by atoms with Crippen LogP contribution in [0.1, 0.15) is 251 Å². The van der Waals surface area contributed by atoms with Crippen molar-refractivity contribution in [3.05, 3.63) is 0 Å². The number of amides is 1. The zero-order chi connectivity index (χ0) is 42.1. The van der Waals surface area contributed by atoms with E-state index in [-0.39, 0.29) is 19.1 Å². The Kier molecular flexibility index (Phi) is 40.5. The molecule has 0 aromatic heterocycles. The van der Waals surface area contributed by atoms with Crippen molar-refractivity contribution in [1.29, 1.82) is 0 Å². The minimum atomic E-state index is -4.55. The first-order valence-electron chi connectivity index (χ1n) is 24.9. The van der Waals surface area contributed by atoms with E-state index in [1.807, 2.05) is 21.1 Å². The quantitative estimate of drug-likeness (QED) is 0.0359. The van der Waals surface area contributed by atoms with Crippen molar-refractivity contribution >= 4 is 13.7 Å². The van der Waals surface area contributed by atoms with Gasteiger partial charge in [-0.15, -0.1) is 0 Å². The highest BCUT2D eigenvalue weighted by atomic mass is 31.2. The number of likely N-dealkylation sites (N-methyl/N-ethyl adjacent to an activating group) is 1. The summed E-state index contributed by atoms with van der Waals surface area (Å²) in [6, 6.07) is -0.792. The first-order chi connectivity index (χ1) is 27.5. The van der Waals surface area contributed by atoms with Crippen LogP contribution in [0, 0.1) is 0 Å². The van der Waals surface area contributed by atoms with Crippen LogP contribution in [0.15, 0.2) is 0 Å². The summed E-state index contributed by atoms with van der Waals surface area (Å²) in [5, 5.41) is 13.9. The lowest BCUT2D eigenvalue weighted by atomic mass is 10.0. The number of phosphoric ester groups is 1. The molecule has 0 saturated carbocycles. The Hall–Kier alpha value is -0.500. The van der Waals surface area contributed by atoms with E-state index in [1.54, 1.807) is 0 Å². The van der Waals surface area contributed by atoms with Crippen molar-refractivity contribution in [2.45, 2.75) is 264 Å². The van der Waals surface area contributed by atoms with Gasteiger partial charge in [0.1, 0.15) is 13.2 Å². The number of phosphoric acid groups is 1. The number of unbranched alkanes of at least 4 members (excludes halogenated alkanes) is 33. The van der Waals surface area contributed by atoms with E-state index in [4.69, 9.17) is 9.05 Å². The Morgan fingerprint density at radius 2 is 0.860 bits per heavy atom. The molecule has 0 aliphatic carbocycles. The second-order valence-electron chi connectivity index (χ2n) is 18.5. The molecule has 0 aromatic rings. The van der Waals surface area contributed by atoms with E-state index >= 15 is 0 Å². The molecule has 0 aliphatic rings. The summed E-state index contributed by atoms with van der Waals surface area (Å²) in [4.78, 5) is 25.3. The fraction of sp³-hybridized carbons (Fsp3) is 0.979. The van der Waals surface area contributed by atoms with E-state index in [0.717, 1.165) is 38.5 Å². The van der Waals surface area contributed by atoms with Gasteiger partial charge >= 0.3 is 0 Å². The van der Waals surface area contributed by atoms with E-state index in [1.165, 1.54) is 186 Å². The van der Waals surface area contributed by atoms with Gasteiger partial charge < -0.3 is 28.8 Å². The molecule has 1 unspecified atom stereocenters. The number of hydrogen-bond acceptors (Lipinski definition) is 6. The van der Waals surface area contributed by atoms with Crippen molar-refractivity contribution < 1.29 is 32.9 Å². The molecule has 0 radical (unpaired) electrons. The molecule has 0 aromatic carbocycles. The molecule has 3 atom stereocenters. The molecule has 342 valence electrons. The number of nitrogens with zero attached hydrogens (tertiary/aromatic N) is 1. The number of carbonyl (C=O) groups excluding carboxylic acids is 1. The van der Waals surface area contributed by atoms with Gasteiger partial charge in [0.2, 0.25) is 5.91 Å². The van der Waals surface area contributed by atoms with Gasteiger partial charge in [-0.2, -0.15) is 0 Å². The van der Waals surface area contributed by atoms with Gasteiger partial charge in [-0.3, -0.25) is 9.36 Å². The summed E-state index contributed by atoms with van der Waals surface area (Å²) in [7, 11) is 1.32. The predicted molar refractivity (Wildman–Crippen MR) is 243 cm³/mol. The Morgan fingerprint density at radius 1 is 0.544 bits per heavy atom. The van der Waals surface area contributed by atoms with Gasteiger partial charge in [0, 0.05) is 6.42 Å². The summed E-state index contributed by atoms with van der Waals surface area (Å²) in [6.07, 6.45) is 45.6. The summed E-state index contributed by atoms with van der Waals surface area (Å²) in [5.74, 6) is -0.161. The molecule has 0 spiro atoms. The molecule has 2 N–H and O–H groups in total. The highest BCUT2D eigenvalue weighted by Gasteiger charge is 2.24. The van der Waals surface area contributed by atoms with Gasteiger partial charge in [-0.25, -0.2) is 0 Å². The molecule has 0 rings (SSSR count). The van der Waals surface area contributed by atoms with Gasteiger partial charge in [0.05, 0.1) is 39.9 Å². The van der Waals surface area contributed by atoms with Crippen LogP contribution in [0.3, 0.4) is 0 Å². The van der Waals surface area contributed by atoms with Crippen LogP contribution in [0.5, 0.6) is 0 Å². The van der Waals surface area contributed by atoms with Gasteiger partial charge in [0.25, 0.3) is 7.82 Å². The summed E-state index contributed by atoms with van der Waals surface area (Å²) < 4.78 is 23.3. The van der Waals surface area contributed by atoms with Gasteiger partial charge in [-0.1, -0.05) is 232 Å². The molecule has 1 amide bonds. The average Bonchev–Trinajstić information content (AvgIpc) is 3.16. The van der Waals surface area contributed by atoms with Crippen LogP contribution in [-0.2, 0) is 18.4 Å². The maximum Gasteiger partial charge on any atom is 0.268 e. The Balaban J connectivity index is 4.05. The highest BCUT2D eigenvalue weighted by Crippen LogP contribution is 2.38. The Morgan fingerprint density at radius 3 is 1.19 bits per heavy atom. The van der Waals surface area contributed by atoms with Crippen LogP contribution in [0.2, 0.25) is 0 Å². The average molecular weight is 831 g/mol. The Labute approximate surface area is 355 Å². The zero-order valence-corrected chi connectivity index (χ0v) is 39.7. The molecular formula is C48H99N2O6P. The molecular weight excluding hydrogens is 732 g/mol. The lowest BCUT2D eigenvalue weighted by Crippen LogP contribution is -2.46.